The number of carbonyl (C=O) groups excluding carboxylic acids is 1. The first-order chi connectivity index (χ1) is 10.8. The van der Waals surface area contributed by atoms with Gasteiger partial charge in [0.15, 0.2) is 0 Å². The molecule has 2 saturated carbocycles. The minimum atomic E-state index is -4.53. The van der Waals surface area contributed by atoms with Crippen LogP contribution in [0.1, 0.15) is 43.2 Å². The molecule has 0 aromatic heterocycles. The summed E-state index contributed by atoms with van der Waals surface area (Å²) in [5.74, 6) is -0.768. The largest absolute Gasteiger partial charge is 0.416 e. The minimum absolute atomic E-state index is 0.113. The monoisotopic (exact) mass is 330 g/mol. The second-order valence-corrected chi connectivity index (χ2v) is 6.59. The molecule has 2 aliphatic rings. The van der Waals surface area contributed by atoms with Gasteiger partial charge in [-0.05, 0) is 49.3 Å². The number of hydrogen-bond acceptors (Lipinski definition) is 1. The summed E-state index contributed by atoms with van der Waals surface area (Å²) in [7, 11) is 0. The number of halogens is 4. The summed E-state index contributed by atoms with van der Waals surface area (Å²) in [6.45, 7) is -0.278. The van der Waals surface area contributed by atoms with Crippen LogP contribution in [-0.2, 0) is 12.7 Å². The van der Waals surface area contributed by atoms with E-state index in [4.69, 9.17) is 0 Å². The van der Waals surface area contributed by atoms with Gasteiger partial charge >= 0.3 is 12.2 Å². The van der Waals surface area contributed by atoms with Crippen LogP contribution in [0.2, 0.25) is 0 Å². The summed E-state index contributed by atoms with van der Waals surface area (Å²) in [6.07, 6.45) is 1.04. The molecule has 23 heavy (non-hydrogen) atoms. The van der Waals surface area contributed by atoms with Gasteiger partial charge in [-0.15, -0.1) is 0 Å². The SMILES string of the molecule is O=C(NCc1cc(C(F)(F)F)ccc1F)NC1CC2(CCC2)C1. The number of urea groups is 1. The number of nitrogens with one attached hydrogen (secondary N) is 2. The molecular formula is C16H18F4N2O. The summed E-state index contributed by atoms with van der Waals surface area (Å²) < 4.78 is 51.4. The zero-order valence-electron chi connectivity index (χ0n) is 12.5. The van der Waals surface area contributed by atoms with Crippen LogP contribution in [0.4, 0.5) is 22.4 Å². The Morgan fingerprint density at radius 2 is 1.96 bits per heavy atom. The number of carbonyl (C=O) groups is 1. The van der Waals surface area contributed by atoms with E-state index in [1.54, 1.807) is 0 Å². The lowest BCUT2D eigenvalue weighted by atomic mass is 9.54. The average molecular weight is 330 g/mol. The molecule has 0 heterocycles. The fourth-order valence-corrected chi connectivity index (χ4v) is 3.47. The molecule has 2 aliphatic carbocycles. The Hall–Kier alpha value is -1.79. The zero-order valence-corrected chi connectivity index (χ0v) is 12.5. The number of amides is 2. The van der Waals surface area contributed by atoms with Crippen molar-refractivity contribution in [2.24, 2.45) is 5.41 Å². The fourth-order valence-electron chi connectivity index (χ4n) is 3.47. The normalized spacial score (nSPS) is 19.8. The lowest BCUT2D eigenvalue weighted by molar-refractivity contribution is -0.137. The topological polar surface area (TPSA) is 41.1 Å². The van der Waals surface area contributed by atoms with Crippen LogP contribution in [0.5, 0.6) is 0 Å². The van der Waals surface area contributed by atoms with Gasteiger partial charge in [0.2, 0.25) is 0 Å². The molecule has 2 fully saturated rings. The maximum absolute atomic E-state index is 13.6. The maximum atomic E-state index is 13.6. The van der Waals surface area contributed by atoms with Crippen molar-refractivity contribution in [1.29, 1.82) is 0 Å². The Morgan fingerprint density at radius 1 is 1.26 bits per heavy atom. The van der Waals surface area contributed by atoms with E-state index in [1.165, 1.54) is 19.3 Å². The first-order valence-electron chi connectivity index (χ1n) is 7.67. The summed E-state index contributed by atoms with van der Waals surface area (Å²) in [5.41, 5.74) is -0.688. The first-order valence-corrected chi connectivity index (χ1v) is 7.67. The van der Waals surface area contributed by atoms with Gasteiger partial charge < -0.3 is 10.6 Å². The third kappa shape index (κ3) is 3.43. The molecule has 0 saturated heterocycles. The van der Waals surface area contributed by atoms with Gasteiger partial charge in [0.05, 0.1) is 5.56 Å². The highest BCUT2D eigenvalue weighted by atomic mass is 19.4. The van der Waals surface area contributed by atoms with Crippen LogP contribution in [0.15, 0.2) is 18.2 Å². The van der Waals surface area contributed by atoms with Gasteiger partial charge in [-0.3, -0.25) is 0 Å². The van der Waals surface area contributed by atoms with Gasteiger partial charge in [-0.25, -0.2) is 9.18 Å². The molecule has 126 valence electrons. The Balaban J connectivity index is 1.50. The third-order valence-electron chi connectivity index (χ3n) is 4.92. The highest BCUT2D eigenvalue weighted by Crippen LogP contribution is 2.55. The van der Waals surface area contributed by atoms with Gasteiger partial charge in [0.1, 0.15) is 5.82 Å². The fraction of sp³-hybridized carbons (Fsp3) is 0.562. The highest BCUT2D eigenvalue weighted by molar-refractivity contribution is 5.74. The second-order valence-electron chi connectivity index (χ2n) is 6.59. The first kappa shape index (κ1) is 16.1. The van der Waals surface area contributed by atoms with Crippen molar-refractivity contribution < 1.29 is 22.4 Å². The Morgan fingerprint density at radius 3 is 2.52 bits per heavy atom. The van der Waals surface area contributed by atoms with E-state index in [1.807, 2.05) is 0 Å². The predicted octanol–water partition coefficient (Wildman–Crippen LogP) is 3.98. The molecule has 3 nitrogen and oxygen atoms in total. The minimum Gasteiger partial charge on any atom is -0.335 e. The Kier molecular flexibility index (Phi) is 3.98. The molecule has 0 radical (unpaired) electrons. The number of benzene rings is 1. The lowest BCUT2D eigenvalue weighted by Crippen LogP contribution is -2.55. The second kappa shape index (κ2) is 5.69. The molecule has 1 aromatic carbocycles. The lowest BCUT2D eigenvalue weighted by Gasteiger charge is -2.54. The van der Waals surface area contributed by atoms with Crippen molar-refractivity contribution in [2.75, 3.05) is 0 Å². The number of rotatable bonds is 3. The van der Waals surface area contributed by atoms with E-state index in [0.717, 1.165) is 25.0 Å². The van der Waals surface area contributed by atoms with Crippen LogP contribution < -0.4 is 10.6 Å². The van der Waals surface area contributed by atoms with Gasteiger partial charge in [0, 0.05) is 18.2 Å². The van der Waals surface area contributed by atoms with Gasteiger partial charge in [-0.2, -0.15) is 13.2 Å². The number of hydrogen-bond donors (Lipinski definition) is 2. The van der Waals surface area contributed by atoms with Crippen molar-refractivity contribution in [3.63, 3.8) is 0 Å². The van der Waals surface area contributed by atoms with Crippen LogP contribution in [-0.4, -0.2) is 12.1 Å². The quantitative estimate of drug-likeness (QED) is 0.809. The molecule has 7 heteroatoms. The zero-order chi connectivity index (χ0) is 16.7. The molecule has 1 aromatic rings. The molecule has 0 unspecified atom stereocenters. The highest BCUT2D eigenvalue weighted by Gasteiger charge is 2.48. The summed E-state index contributed by atoms with van der Waals surface area (Å²) in [5, 5.41) is 5.20. The molecule has 0 bridgehead atoms. The van der Waals surface area contributed by atoms with Crippen LogP contribution in [0.3, 0.4) is 0 Å². The van der Waals surface area contributed by atoms with Crippen molar-refractivity contribution in [3.8, 4) is 0 Å². The average Bonchev–Trinajstić information content (AvgIpc) is 2.38. The summed E-state index contributed by atoms with van der Waals surface area (Å²) >= 11 is 0. The van der Waals surface area contributed by atoms with Crippen LogP contribution in [0, 0.1) is 11.2 Å². The smallest absolute Gasteiger partial charge is 0.335 e. The van der Waals surface area contributed by atoms with Crippen LogP contribution in [0.25, 0.3) is 0 Å². The molecule has 0 atom stereocenters. The van der Waals surface area contributed by atoms with E-state index in [0.29, 0.717) is 11.5 Å². The standard InChI is InChI=1S/C16H18F4N2O/c17-13-3-2-11(16(18,19)20)6-10(13)9-21-14(23)22-12-7-15(8-12)4-1-5-15/h2-3,6,12H,1,4-5,7-9H2,(H2,21,22,23). The van der Waals surface area contributed by atoms with Crippen molar-refractivity contribution >= 4 is 6.03 Å². The van der Waals surface area contributed by atoms with E-state index in [2.05, 4.69) is 10.6 Å². The van der Waals surface area contributed by atoms with Crippen molar-refractivity contribution in [1.82, 2.24) is 10.6 Å². The Bertz CT molecular complexity index is 603. The van der Waals surface area contributed by atoms with E-state index >= 15 is 0 Å². The summed E-state index contributed by atoms with van der Waals surface area (Å²) in [6, 6.07) is 1.82. The van der Waals surface area contributed by atoms with E-state index in [-0.39, 0.29) is 18.2 Å². The molecule has 2 amide bonds. The molecule has 3 rings (SSSR count). The number of alkyl halides is 3. The predicted molar refractivity (Wildman–Crippen MR) is 76.1 cm³/mol. The van der Waals surface area contributed by atoms with Crippen molar-refractivity contribution in [3.05, 3.63) is 35.1 Å². The third-order valence-corrected chi connectivity index (χ3v) is 4.92. The van der Waals surface area contributed by atoms with Gasteiger partial charge in [0.25, 0.3) is 0 Å². The van der Waals surface area contributed by atoms with E-state index in [9.17, 15) is 22.4 Å². The van der Waals surface area contributed by atoms with Crippen molar-refractivity contribution in [2.45, 2.75) is 50.9 Å². The van der Waals surface area contributed by atoms with Gasteiger partial charge in [-0.1, -0.05) is 6.42 Å². The maximum Gasteiger partial charge on any atom is 0.416 e. The molecule has 0 aliphatic heterocycles. The summed E-state index contributed by atoms with van der Waals surface area (Å²) in [4.78, 5) is 11.8. The van der Waals surface area contributed by atoms with E-state index < -0.39 is 23.6 Å². The molecule has 1 spiro atoms. The molecule has 2 N–H and O–H groups in total. The Labute approximate surface area is 131 Å². The van der Waals surface area contributed by atoms with Crippen LogP contribution >= 0.6 is 0 Å². The molecular weight excluding hydrogens is 312 g/mol.